The predicted octanol–water partition coefficient (Wildman–Crippen LogP) is 3.06. The van der Waals surface area contributed by atoms with E-state index in [9.17, 15) is 4.79 Å². The van der Waals surface area contributed by atoms with E-state index in [0.717, 1.165) is 21.9 Å². The minimum atomic E-state index is -0.827. The Morgan fingerprint density at radius 3 is 2.86 bits per heavy atom. The first-order valence-corrected chi connectivity index (χ1v) is 8.08. The first kappa shape index (κ1) is 14.4. The average Bonchev–Trinajstić information content (AvgIpc) is 3.18. The zero-order chi connectivity index (χ0) is 15.2. The van der Waals surface area contributed by atoms with Gasteiger partial charge in [-0.25, -0.2) is 9.97 Å². The van der Waals surface area contributed by atoms with Crippen molar-refractivity contribution in [1.82, 2.24) is 14.5 Å². The summed E-state index contributed by atoms with van der Waals surface area (Å²) in [6, 6.07) is 2.01. The van der Waals surface area contributed by atoms with Gasteiger partial charge in [-0.2, -0.15) is 0 Å². The Bertz CT molecular complexity index is 704. The zero-order valence-electron chi connectivity index (χ0n) is 12.5. The van der Waals surface area contributed by atoms with Crippen LogP contribution < -0.4 is 0 Å². The van der Waals surface area contributed by atoms with Crippen LogP contribution >= 0.6 is 11.8 Å². The maximum Gasteiger partial charge on any atom is 0.313 e. The molecule has 0 spiro atoms. The van der Waals surface area contributed by atoms with Crippen LogP contribution in [0.15, 0.2) is 17.4 Å². The molecule has 2 heterocycles. The Morgan fingerprint density at radius 1 is 1.52 bits per heavy atom. The molecule has 0 bridgehead atoms. The molecule has 0 radical (unpaired) electrons. The molecule has 0 aliphatic heterocycles. The van der Waals surface area contributed by atoms with E-state index in [4.69, 9.17) is 5.11 Å². The van der Waals surface area contributed by atoms with Crippen molar-refractivity contribution in [1.29, 1.82) is 0 Å². The van der Waals surface area contributed by atoms with Gasteiger partial charge in [0.1, 0.15) is 5.52 Å². The minimum Gasteiger partial charge on any atom is -0.481 e. The molecule has 1 saturated carbocycles. The number of fused-ring (bicyclic) bond motifs is 1. The summed E-state index contributed by atoms with van der Waals surface area (Å²) < 4.78 is 2.13. The molecule has 0 amide bonds. The molecule has 21 heavy (non-hydrogen) atoms. The molecule has 2 aromatic rings. The van der Waals surface area contributed by atoms with Crippen LogP contribution in [-0.4, -0.2) is 31.4 Å². The van der Waals surface area contributed by atoms with E-state index in [-0.39, 0.29) is 11.3 Å². The van der Waals surface area contributed by atoms with Crippen LogP contribution in [0.1, 0.15) is 32.3 Å². The van der Waals surface area contributed by atoms with Crippen molar-refractivity contribution in [2.45, 2.75) is 44.3 Å². The number of aliphatic carboxylic acids is 1. The summed E-state index contributed by atoms with van der Waals surface area (Å²) in [6.45, 7) is 6.37. The van der Waals surface area contributed by atoms with Crippen molar-refractivity contribution in [2.24, 2.45) is 5.92 Å². The number of imidazole rings is 1. The fourth-order valence-electron chi connectivity index (χ4n) is 2.76. The summed E-state index contributed by atoms with van der Waals surface area (Å²) in [5.74, 6) is -0.197. The molecule has 2 aromatic heterocycles. The van der Waals surface area contributed by atoms with Gasteiger partial charge in [0.05, 0.1) is 5.75 Å². The van der Waals surface area contributed by atoms with E-state index in [0.29, 0.717) is 5.92 Å². The third-order valence-corrected chi connectivity index (χ3v) is 5.00. The highest BCUT2D eigenvalue weighted by Gasteiger charge is 2.41. The quantitative estimate of drug-likeness (QED) is 0.860. The summed E-state index contributed by atoms with van der Waals surface area (Å²) in [5, 5.41) is 9.69. The molecule has 0 unspecified atom stereocenters. The first-order valence-electron chi connectivity index (χ1n) is 7.10. The minimum absolute atomic E-state index is 0.0169. The summed E-state index contributed by atoms with van der Waals surface area (Å²) in [5.41, 5.74) is 2.67. The van der Waals surface area contributed by atoms with Crippen LogP contribution in [0.25, 0.3) is 11.2 Å². The van der Waals surface area contributed by atoms with Gasteiger partial charge in [-0.3, -0.25) is 9.36 Å². The molecule has 1 aliphatic rings. The summed E-state index contributed by atoms with van der Waals surface area (Å²) in [7, 11) is 0. The second kappa shape index (κ2) is 5.02. The lowest BCUT2D eigenvalue weighted by atomic mass is 9.98. The Labute approximate surface area is 127 Å². The van der Waals surface area contributed by atoms with E-state index < -0.39 is 5.97 Å². The largest absolute Gasteiger partial charge is 0.481 e. The second-order valence-electron chi connectivity index (χ2n) is 6.20. The topological polar surface area (TPSA) is 68.0 Å². The number of thioether (sulfide) groups is 1. The highest BCUT2D eigenvalue weighted by Crippen LogP contribution is 2.46. The lowest BCUT2D eigenvalue weighted by molar-refractivity contribution is -0.133. The van der Waals surface area contributed by atoms with E-state index in [1.54, 1.807) is 0 Å². The molecule has 1 fully saturated rings. The average molecular weight is 305 g/mol. The maximum atomic E-state index is 10.9. The molecule has 5 nitrogen and oxygen atoms in total. The van der Waals surface area contributed by atoms with Crippen LogP contribution in [0.3, 0.4) is 0 Å². The second-order valence-corrected chi connectivity index (χ2v) is 7.14. The Hall–Kier alpha value is -1.56. The lowest BCUT2D eigenvalue weighted by Crippen LogP contribution is -2.29. The van der Waals surface area contributed by atoms with Gasteiger partial charge in [0.25, 0.3) is 0 Å². The van der Waals surface area contributed by atoms with Gasteiger partial charge in [-0.05, 0) is 51.2 Å². The molecular weight excluding hydrogens is 286 g/mol. The molecular formula is C15H19N3O2S. The Balaban J connectivity index is 2.12. The molecule has 3 rings (SSSR count). The SMILES string of the molecule is Cc1cnc2c(c1)nc(SCC(=O)O)n2C(C)(C)C1CC1. The molecule has 6 heteroatoms. The Morgan fingerprint density at radius 2 is 2.24 bits per heavy atom. The van der Waals surface area contributed by atoms with Gasteiger partial charge in [0, 0.05) is 11.7 Å². The van der Waals surface area contributed by atoms with Gasteiger partial charge in [0.15, 0.2) is 10.8 Å². The highest BCUT2D eigenvalue weighted by molar-refractivity contribution is 7.99. The maximum absolute atomic E-state index is 10.9. The van der Waals surface area contributed by atoms with Crippen molar-refractivity contribution in [2.75, 3.05) is 5.75 Å². The summed E-state index contributed by atoms with van der Waals surface area (Å²) in [6.07, 6.45) is 4.26. The number of nitrogens with zero attached hydrogens (tertiary/aromatic N) is 3. The van der Waals surface area contributed by atoms with Crippen LogP contribution in [-0.2, 0) is 10.3 Å². The third kappa shape index (κ3) is 2.64. The number of carboxylic acid groups (broad SMARTS) is 1. The van der Waals surface area contributed by atoms with Gasteiger partial charge in [0.2, 0.25) is 0 Å². The Kier molecular flexibility index (Phi) is 3.43. The van der Waals surface area contributed by atoms with Crippen molar-refractivity contribution in [3.8, 4) is 0 Å². The van der Waals surface area contributed by atoms with Crippen LogP contribution in [0, 0.1) is 12.8 Å². The molecule has 1 N–H and O–H groups in total. The number of hydrogen-bond donors (Lipinski definition) is 1. The van der Waals surface area contributed by atoms with E-state index >= 15 is 0 Å². The number of hydrogen-bond acceptors (Lipinski definition) is 4. The van der Waals surface area contributed by atoms with Crippen molar-refractivity contribution < 1.29 is 9.90 Å². The molecule has 1 aliphatic carbocycles. The number of aryl methyl sites for hydroxylation is 1. The van der Waals surface area contributed by atoms with Crippen molar-refractivity contribution in [3.05, 3.63) is 17.8 Å². The summed E-state index contributed by atoms with van der Waals surface area (Å²) >= 11 is 1.27. The van der Waals surface area contributed by atoms with Crippen molar-refractivity contribution in [3.63, 3.8) is 0 Å². The molecule has 0 saturated heterocycles. The predicted molar refractivity (Wildman–Crippen MR) is 82.7 cm³/mol. The number of rotatable bonds is 5. The zero-order valence-corrected chi connectivity index (χ0v) is 13.3. The van der Waals surface area contributed by atoms with Crippen LogP contribution in [0.4, 0.5) is 0 Å². The standard InChI is InChI=1S/C15H19N3O2S/c1-9-6-11-13(16-7-9)18(15(2,3)10-4-5-10)14(17-11)21-8-12(19)20/h6-7,10H,4-5,8H2,1-3H3,(H,19,20). The molecule has 0 aromatic carbocycles. The van der Waals surface area contributed by atoms with Gasteiger partial charge in [-0.15, -0.1) is 0 Å². The highest BCUT2D eigenvalue weighted by atomic mass is 32.2. The van der Waals surface area contributed by atoms with Crippen molar-refractivity contribution >= 4 is 28.9 Å². The van der Waals surface area contributed by atoms with Crippen LogP contribution in [0.5, 0.6) is 0 Å². The van der Waals surface area contributed by atoms with Crippen LogP contribution in [0.2, 0.25) is 0 Å². The molecule has 0 atom stereocenters. The first-order chi connectivity index (χ1) is 9.89. The number of carboxylic acids is 1. The summed E-state index contributed by atoms with van der Waals surface area (Å²) in [4.78, 5) is 20.0. The number of carbonyl (C=O) groups is 1. The third-order valence-electron chi connectivity index (χ3n) is 4.08. The van der Waals surface area contributed by atoms with Gasteiger partial charge >= 0.3 is 5.97 Å². The number of pyridine rings is 1. The smallest absolute Gasteiger partial charge is 0.313 e. The molecule has 112 valence electrons. The van der Waals surface area contributed by atoms with E-state index in [2.05, 4.69) is 28.4 Å². The van der Waals surface area contributed by atoms with E-state index in [1.165, 1.54) is 24.6 Å². The lowest BCUT2D eigenvalue weighted by Gasteiger charge is -2.28. The van der Waals surface area contributed by atoms with Gasteiger partial charge in [-0.1, -0.05) is 11.8 Å². The normalized spacial score (nSPS) is 15.6. The van der Waals surface area contributed by atoms with Gasteiger partial charge < -0.3 is 5.11 Å². The monoisotopic (exact) mass is 305 g/mol. The number of aromatic nitrogens is 3. The fraction of sp³-hybridized carbons (Fsp3) is 0.533. The fourth-order valence-corrected chi connectivity index (χ4v) is 3.63. The van der Waals surface area contributed by atoms with E-state index in [1.807, 2.05) is 19.2 Å².